The Morgan fingerprint density at radius 2 is 2.24 bits per heavy atom. The van der Waals surface area contributed by atoms with Crippen LogP contribution in [-0.4, -0.2) is 19.3 Å². The molecule has 0 radical (unpaired) electrons. The van der Waals surface area contributed by atoms with Crippen LogP contribution in [0.5, 0.6) is 5.75 Å². The second kappa shape index (κ2) is 4.90. The molecule has 1 atom stereocenters. The lowest BCUT2D eigenvalue weighted by Gasteiger charge is -2.06. The molecule has 0 N–H and O–H groups in total. The first-order valence-electron chi connectivity index (χ1n) is 5.76. The van der Waals surface area contributed by atoms with E-state index in [0.29, 0.717) is 12.7 Å². The van der Waals surface area contributed by atoms with Gasteiger partial charge in [-0.2, -0.15) is 0 Å². The quantitative estimate of drug-likeness (QED) is 0.756. The van der Waals surface area contributed by atoms with Crippen LogP contribution >= 0.6 is 11.3 Å². The molecule has 2 heterocycles. The number of thiophene rings is 1. The number of ether oxygens (including phenoxy) is 2. The Balaban J connectivity index is 1.65. The topological polar surface area (TPSA) is 21.8 Å². The summed E-state index contributed by atoms with van der Waals surface area (Å²) < 4.78 is 10.8. The van der Waals surface area contributed by atoms with Crippen LogP contribution in [0.15, 0.2) is 41.8 Å². The van der Waals surface area contributed by atoms with Crippen molar-refractivity contribution in [3.8, 4) is 5.75 Å². The van der Waals surface area contributed by atoms with Crippen molar-refractivity contribution in [2.45, 2.75) is 12.5 Å². The average Bonchev–Trinajstić information content (AvgIpc) is 3.05. The van der Waals surface area contributed by atoms with Gasteiger partial charge in [-0.1, -0.05) is 18.2 Å². The lowest BCUT2D eigenvalue weighted by molar-refractivity contribution is 0.263. The number of rotatable bonds is 5. The van der Waals surface area contributed by atoms with Gasteiger partial charge in [-0.3, -0.25) is 0 Å². The van der Waals surface area contributed by atoms with E-state index in [9.17, 15) is 0 Å². The molecule has 3 rings (SSSR count). The average molecular weight is 246 g/mol. The minimum Gasteiger partial charge on any atom is -0.491 e. The van der Waals surface area contributed by atoms with Crippen molar-refractivity contribution in [3.05, 3.63) is 52.2 Å². The standard InChI is InChI=1S/C14H14O2S/c1-3-11(8-14-5-2-6-17-14)7-12(4-1)15-9-13-10-16-13/h1-7,13H,8-10H2. The third-order valence-electron chi connectivity index (χ3n) is 2.70. The Hall–Kier alpha value is -1.32. The molecule has 2 aromatic rings. The summed E-state index contributed by atoms with van der Waals surface area (Å²) in [5.41, 5.74) is 1.29. The molecule has 1 aromatic heterocycles. The van der Waals surface area contributed by atoms with Crippen molar-refractivity contribution >= 4 is 11.3 Å². The molecule has 2 nitrogen and oxygen atoms in total. The van der Waals surface area contributed by atoms with Gasteiger partial charge in [0.15, 0.2) is 0 Å². The van der Waals surface area contributed by atoms with Gasteiger partial charge in [0.05, 0.1) is 6.61 Å². The van der Waals surface area contributed by atoms with E-state index < -0.39 is 0 Å². The molecule has 88 valence electrons. The normalized spacial score (nSPS) is 18.0. The third kappa shape index (κ3) is 3.08. The van der Waals surface area contributed by atoms with Gasteiger partial charge in [-0.25, -0.2) is 0 Å². The van der Waals surface area contributed by atoms with Crippen LogP contribution in [0, 0.1) is 0 Å². The summed E-state index contributed by atoms with van der Waals surface area (Å²) in [5, 5.41) is 2.11. The van der Waals surface area contributed by atoms with Crippen molar-refractivity contribution in [3.63, 3.8) is 0 Å². The van der Waals surface area contributed by atoms with Gasteiger partial charge in [0.25, 0.3) is 0 Å². The first-order valence-corrected chi connectivity index (χ1v) is 6.64. The number of epoxide rings is 1. The largest absolute Gasteiger partial charge is 0.491 e. The highest BCUT2D eigenvalue weighted by Gasteiger charge is 2.22. The third-order valence-corrected chi connectivity index (χ3v) is 3.57. The van der Waals surface area contributed by atoms with Gasteiger partial charge in [0, 0.05) is 11.3 Å². The van der Waals surface area contributed by atoms with E-state index in [1.165, 1.54) is 10.4 Å². The Morgan fingerprint density at radius 3 is 3.00 bits per heavy atom. The molecule has 1 unspecified atom stereocenters. The van der Waals surface area contributed by atoms with Crippen LogP contribution in [0.2, 0.25) is 0 Å². The Bertz CT molecular complexity index is 475. The second-order valence-corrected chi connectivity index (χ2v) is 5.20. The van der Waals surface area contributed by atoms with E-state index in [2.05, 4.69) is 29.6 Å². The highest BCUT2D eigenvalue weighted by molar-refractivity contribution is 7.09. The summed E-state index contributed by atoms with van der Waals surface area (Å²) in [7, 11) is 0. The lowest BCUT2D eigenvalue weighted by Crippen LogP contribution is -2.04. The first-order chi connectivity index (χ1) is 8.40. The van der Waals surface area contributed by atoms with Crippen molar-refractivity contribution in [2.24, 2.45) is 0 Å². The smallest absolute Gasteiger partial charge is 0.119 e. The van der Waals surface area contributed by atoms with Crippen LogP contribution in [0.4, 0.5) is 0 Å². The summed E-state index contributed by atoms with van der Waals surface area (Å²) >= 11 is 1.79. The predicted molar refractivity (Wildman–Crippen MR) is 68.8 cm³/mol. The summed E-state index contributed by atoms with van der Waals surface area (Å²) in [6.45, 7) is 1.51. The molecule has 0 aliphatic carbocycles. The number of benzene rings is 1. The molecule has 0 spiro atoms. The minimum atomic E-state index is 0.316. The predicted octanol–water partition coefficient (Wildman–Crippen LogP) is 3.12. The molecule has 1 aliphatic rings. The molecule has 3 heteroatoms. The summed E-state index contributed by atoms with van der Waals surface area (Å²) in [6.07, 6.45) is 1.30. The van der Waals surface area contributed by atoms with Gasteiger partial charge < -0.3 is 9.47 Å². The molecule has 17 heavy (non-hydrogen) atoms. The number of hydrogen-bond donors (Lipinski definition) is 0. The maximum absolute atomic E-state index is 5.67. The Kier molecular flexibility index (Phi) is 3.12. The van der Waals surface area contributed by atoms with Crippen molar-refractivity contribution in [2.75, 3.05) is 13.2 Å². The SMILES string of the molecule is c1cc(Cc2cccs2)cc(OCC2CO2)c1. The second-order valence-electron chi connectivity index (χ2n) is 4.17. The van der Waals surface area contributed by atoms with Crippen molar-refractivity contribution in [1.82, 2.24) is 0 Å². The van der Waals surface area contributed by atoms with Crippen LogP contribution in [0.1, 0.15) is 10.4 Å². The van der Waals surface area contributed by atoms with Crippen molar-refractivity contribution < 1.29 is 9.47 Å². The van der Waals surface area contributed by atoms with Crippen LogP contribution in [-0.2, 0) is 11.2 Å². The summed E-state index contributed by atoms with van der Waals surface area (Å²) in [5.74, 6) is 0.939. The maximum Gasteiger partial charge on any atom is 0.119 e. The monoisotopic (exact) mass is 246 g/mol. The molecule has 1 fully saturated rings. The highest BCUT2D eigenvalue weighted by Crippen LogP contribution is 2.20. The zero-order valence-electron chi connectivity index (χ0n) is 9.46. The van der Waals surface area contributed by atoms with E-state index in [4.69, 9.17) is 9.47 Å². The van der Waals surface area contributed by atoms with Gasteiger partial charge >= 0.3 is 0 Å². The zero-order chi connectivity index (χ0) is 11.5. The van der Waals surface area contributed by atoms with Crippen LogP contribution in [0.25, 0.3) is 0 Å². The molecule has 0 saturated carbocycles. The summed E-state index contributed by atoms with van der Waals surface area (Å²) in [6, 6.07) is 12.6. The zero-order valence-corrected chi connectivity index (χ0v) is 10.3. The fourth-order valence-electron chi connectivity index (χ4n) is 1.71. The maximum atomic E-state index is 5.67. The highest BCUT2D eigenvalue weighted by atomic mass is 32.1. The lowest BCUT2D eigenvalue weighted by atomic mass is 10.1. The molecule has 1 aliphatic heterocycles. The van der Waals surface area contributed by atoms with Gasteiger partial charge in [0.1, 0.15) is 18.5 Å². The van der Waals surface area contributed by atoms with E-state index in [-0.39, 0.29) is 0 Å². The molecular weight excluding hydrogens is 232 g/mol. The Morgan fingerprint density at radius 1 is 1.29 bits per heavy atom. The minimum absolute atomic E-state index is 0.316. The van der Waals surface area contributed by atoms with Crippen molar-refractivity contribution in [1.29, 1.82) is 0 Å². The fourth-order valence-corrected chi connectivity index (χ4v) is 2.45. The molecule has 1 saturated heterocycles. The van der Waals surface area contributed by atoms with Gasteiger partial charge in [-0.15, -0.1) is 11.3 Å². The Labute approximate surface area is 105 Å². The molecular formula is C14H14O2S. The van der Waals surface area contributed by atoms with Gasteiger partial charge in [0.2, 0.25) is 0 Å². The molecule has 0 bridgehead atoms. The number of hydrogen-bond acceptors (Lipinski definition) is 3. The van der Waals surface area contributed by atoms with E-state index in [1.54, 1.807) is 11.3 Å². The first kappa shape index (κ1) is 10.8. The summed E-state index contributed by atoms with van der Waals surface area (Å²) in [4.78, 5) is 1.38. The van der Waals surface area contributed by atoms with Crippen LogP contribution in [0.3, 0.4) is 0 Å². The van der Waals surface area contributed by atoms with Crippen LogP contribution < -0.4 is 4.74 Å². The van der Waals surface area contributed by atoms with E-state index in [1.807, 2.05) is 12.1 Å². The molecule has 1 aromatic carbocycles. The van der Waals surface area contributed by atoms with E-state index >= 15 is 0 Å². The molecule has 0 amide bonds. The fraction of sp³-hybridized carbons (Fsp3) is 0.286. The van der Waals surface area contributed by atoms with Gasteiger partial charge in [-0.05, 0) is 29.1 Å². The van der Waals surface area contributed by atoms with E-state index in [0.717, 1.165) is 18.8 Å².